The molecular weight excluding hydrogens is 484 g/mol. The highest BCUT2D eigenvalue weighted by molar-refractivity contribution is 7.92. The summed E-state index contributed by atoms with van der Waals surface area (Å²) in [4.78, 5) is 38.7. The molecule has 0 spiro atoms. The second kappa shape index (κ2) is 12.5. The molecule has 1 N–H and O–H groups in total. The normalized spacial score (nSPS) is 12.0. The summed E-state index contributed by atoms with van der Waals surface area (Å²) in [5.41, 5.74) is 1.98. The fourth-order valence-electron chi connectivity index (χ4n) is 3.87. The first-order chi connectivity index (χ1) is 16.9. The summed E-state index contributed by atoms with van der Waals surface area (Å²) in [6.45, 7) is 7.17. The number of sulfonamides is 1. The van der Waals surface area contributed by atoms with Crippen LogP contribution in [0.2, 0.25) is 0 Å². The molecule has 0 aliphatic rings. The summed E-state index contributed by atoms with van der Waals surface area (Å²) >= 11 is 0. The number of nitro groups is 1. The van der Waals surface area contributed by atoms with Crippen LogP contribution >= 0.6 is 0 Å². The molecule has 2 rings (SSSR count). The standard InChI is InChI=1S/C25H34N4O6S/c1-6-13-26-25(31)22(7-2)27(16-20-10-8-9-18(3)14-20)24(30)17-28(36(5,34)35)23-15-21(29(32)33)12-11-19(23)4/h8-12,14-15,22H,6-7,13,16-17H2,1-5H3,(H,26,31)/t22-/m0/s1. The molecule has 0 unspecified atom stereocenters. The smallest absolute Gasteiger partial charge is 0.271 e. The van der Waals surface area contributed by atoms with Crippen molar-refractivity contribution in [2.45, 2.75) is 53.1 Å². The molecule has 0 aliphatic heterocycles. The summed E-state index contributed by atoms with van der Waals surface area (Å²) < 4.78 is 26.4. The molecule has 11 heteroatoms. The maximum absolute atomic E-state index is 13.7. The first kappa shape index (κ1) is 28.8. The van der Waals surface area contributed by atoms with E-state index in [9.17, 15) is 28.1 Å². The number of nitro benzene ring substituents is 1. The van der Waals surface area contributed by atoms with Crippen LogP contribution in [0.3, 0.4) is 0 Å². The maximum atomic E-state index is 13.7. The Morgan fingerprint density at radius 1 is 1.11 bits per heavy atom. The van der Waals surface area contributed by atoms with E-state index in [1.807, 2.05) is 38.1 Å². The van der Waals surface area contributed by atoms with Crippen molar-refractivity contribution < 1.29 is 22.9 Å². The van der Waals surface area contributed by atoms with Gasteiger partial charge in [0.15, 0.2) is 0 Å². The second-order valence-electron chi connectivity index (χ2n) is 8.72. The van der Waals surface area contributed by atoms with Crippen LogP contribution in [0.25, 0.3) is 0 Å². The Hall–Kier alpha value is -3.47. The van der Waals surface area contributed by atoms with Crippen molar-refractivity contribution in [3.05, 3.63) is 69.3 Å². The number of aryl methyl sites for hydroxylation is 2. The third kappa shape index (κ3) is 7.51. The van der Waals surface area contributed by atoms with Gasteiger partial charge in [0.25, 0.3) is 5.69 Å². The predicted octanol–water partition coefficient (Wildman–Crippen LogP) is 3.31. The predicted molar refractivity (Wildman–Crippen MR) is 139 cm³/mol. The van der Waals surface area contributed by atoms with E-state index in [1.54, 1.807) is 13.8 Å². The molecule has 0 fully saturated rings. The van der Waals surface area contributed by atoms with Gasteiger partial charge in [-0.15, -0.1) is 0 Å². The largest absolute Gasteiger partial charge is 0.354 e. The van der Waals surface area contributed by atoms with Crippen molar-refractivity contribution in [1.82, 2.24) is 10.2 Å². The lowest BCUT2D eigenvalue weighted by atomic mass is 10.1. The highest BCUT2D eigenvalue weighted by atomic mass is 32.2. The fourth-order valence-corrected chi connectivity index (χ4v) is 4.77. The summed E-state index contributed by atoms with van der Waals surface area (Å²) in [5.74, 6) is -0.913. The number of carbonyl (C=O) groups excluding carboxylic acids is 2. The van der Waals surface area contributed by atoms with E-state index in [0.29, 0.717) is 18.5 Å². The van der Waals surface area contributed by atoms with Gasteiger partial charge in [0.2, 0.25) is 21.8 Å². The lowest BCUT2D eigenvalue weighted by Crippen LogP contribution is -2.52. The summed E-state index contributed by atoms with van der Waals surface area (Å²) in [7, 11) is -4.00. The molecule has 0 saturated carbocycles. The van der Waals surface area contributed by atoms with E-state index in [1.165, 1.54) is 17.0 Å². The Labute approximate surface area is 212 Å². The van der Waals surface area contributed by atoms with Gasteiger partial charge >= 0.3 is 0 Å². The van der Waals surface area contributed by atoms with E-state index < -0.39 is 33.4 Å². The van der Waals surface area contributed by atoms with Crippen molar-refractivity contribution >= 4 is 33.2 Å². The summed E-state index contributed by atoms with van der Waals surface area (Å²) in [6.07, 6.45) is 1.98. The molecule has 0 radical (unpaired) electrons. The highest BCUT2D eigenvalue weighted by Crippen LogP contribution is 2.28. The minimum atomic E-state index is -4.00. The molecule has 36 heavy (non-hydrogen) atoms. The van der Waals surface area contributed by atoms with Gasteiger partial charge in [-0.25, -0.2) is 8.42 Å². The van der Waals surface area contributed by atoms with Crippen LogP contribution in [-0.4, -0.2) is 55.4 Å². The molecule has 2 aromatic carbocycles. The van der Waals surface area contributed by atoms with Gasteiger partial charge in [-0.05, 0) is 37.8 Å². The number of amides is 2. The van der Waals surface area contributed by atoms with Crippen molar-refractivity contribution in [2.24, 2.45) is 0 Å². The number of hydrogen-bond donors (Lipinski definition) is 1. The van der Waals surface area contributed by atoms with Crippen LogP contribution in [0, 0.1) is 24.0 Å². The molecule has 2 amide bonds. The number of hydrogen-bond acceptors (Lipinski definition) is 6. The molecule has 0 saturated heterocycles. The van der Waals surface area contributed by atoms with Crippen molar-refractivity contribution in [1.29, 1.82) is 0 Å². The zero-order valence-electron chi connectivity index (χ0n) is 21.4. The number of carbonyl (C=O) groups is 2. The number of nitrogens with zero attached hydrogens (tertiary/aromatic N) is 3. The third-order valence-corrected chi connectivity index (χ3v) is 6.85. The minimum Gasteiger partial charge on any atom is -0.354 e. The van der Waals surface area contributed by atoms with E-state index >= 15 is 0 Å². The molecule has 0 heterocycles. The number of rotatable bonds is 12. The first-order valence-corrected chi connectivity index (χ1v) is 13.6. The van der Waals surface area contributed by atoms with E-state index in [0.717, 1.165) is 34.2 Å². The average molecular weight is 519 g/mol. The van der Waals surface area contributed by atoms with E-state index in [2.05, 4.69) is 5.32 Å². The number of benzene rings is 2. The summed E-state index contributed by atoms with van der Waals surface area (Å²) in [5, 5.41) is 14.1. The zero-order valence-corrected chi connectivity index (χ0v) is 22.2. The van der Waals surface area contributed by atoms with Crippen LogP contribution in [0.4, 0.5) is 11.4 Å². The minimum absolute atomic E-state index is 0.0408. The average Bonchev–Trinajstić information content (AvgIpc) is 2.80. The Balaban J connectivity index is 2.51. The number of nitrogens with one attached hydrogen (secondary N) is 1. The molecule has 0 aromatic heterocycles. The molecular formula is C25H34N4O6S. The molecule has 0 aliphatic carbocycles. The van der Waals surface area contributed by atoms with Crippen LogP contribution in [0.5, 0.6) is 0 Å². The lowest BCUT2D eigenvalue weighted by Gasteiger charge is -2.33. The summed E-state index contributed by atoms with van der Waals surface area (Å²) in [6, 6.07) is 10.5. The second-order valence-corrected chi connectivity index (χ2v) is 10.6. The lowest BCUT2D eigenvalue weighted by molar-refractivity contribution is -0.384. The first-order valence-electron chi connectivity index (χ1n) is 11.7. The van der Waals surface area contributed by atoms with Crippen molar-refractivity contribution in [3.63, 3.8) is 0 Å². The quantitative estimate of drug-likeness (QED) is 0.339. The Kier molecular flexibility index (Phi) is 9.97. The van der Waals surface area contributed by atoms with Gasteiger partial charge in [0.05, 0.1) is 16.9 Å². The molecule has 10 nitrogen and oxygen atoms in total. The van der Waals surface area contributed by atoms with E-state index in [-0.39, 0.29) is 23.8 Å². The van der Waals surface area contributed by atoms with Gasteiger partial charge in [0, 0.05) is 25.2 Å². The topological polar surface area (TPSA) is 130 Å². The molecule has 0 bridgehead atoms. The van der Waals surface area contributed by atoms with Gasteiger partial charge < -0.3 is 10.2 Å². The Morgan fingerprint density at radius 2 is 1.81 bits per heavy atom. The van der Waals surface area contributed by atoms with Crippen LogP contribution in [-0.2, 0) is 26.2 Å². The molecule has 2 aromatic rings. The molecule has 196 valence electrons. The van der Waals surface area contributed by atoms with Crippen LogP contribution in [0.15, 0.2) is 42.5 Å². The van der Waals surface area contributed by atoms with Crippen molar-refractivity contribution in [3.8, 4) is 0 Å². The van der Waals surface area contributed by atoms with Crippen LogP contribution < -0.4 is 9.62 Å². The zero-order chi connectivity index (χ0) is 27.0. The number of anilines is 1. The molecule has 1 atom stereocenters. The highest BCUT2D eigenvalue weighted by Gasteiger charge is 2.32. The Morgan fingerprint density at radius 3 is 2.36 bits per heavy atom. The maximum Gasteiger partial charge on any atom is 0.271 e. The van der Waals surface area contributed by atoms with Gasteiger partial charge in [-0.3, -0.25) is 24.0 Å². The Bertz CT molecular complexity index is 1210. The monoisotopic (exact) mass is 518 g/mol. The fraction of sp³-hybridized carbons (Fsp3) is 0.440. The third-order valence-electron chi connectivity index (χ3n) is 5.72. The van der Waals surface area contributed by atoms with Crippen molar-refractivity contribution in [2.75, 3.05) is 23.7 Å². The van der Waals surface area contributed by atoms with Gasteiger partial charge in [-0.1, -0.05) is 49.7 Å². The van der Waals surface area contributed by atoms with Crippen LogP contribution in [0.1, 0.15) is 43.4 Å². The van der Waals surface area contributed by atoms with Gasteiger partial charge in [0.1, 0.15) is 12.6 Å². The number of non-ortho nitro benzene ring substituents is 1. The SMILES string of the molecule is CCCNC(=O)[C@H](CC)N(Cc1cccc(C)c1)C(=O)CN(c1cc([N+](=O)[O-])ccc1C)S(C)(=O)=O. The van der Waals surface area contributed by atoms with Gasteiger partial charge in [-0.2, -0.15) is 0 Å². The van der Waals surface area contributed by atoms with E-state index in [4.69, 9.17) is 0 Å².